The second-order valence-corrected chi connectivity index (χ2v) is 8.34. The molecule has 2 aromatic rings. The summed E-state index contributed by atoms with van der Waals surface area (Å²) in [6.07, 6.45) is 1.99. The predicted molar refractivity (Wildman–Crippen MR) is 98.3 cm³/mol. The van der Waals surface area contributed by atoms with Crippen molar-refractivity contribution in [1.29, 1.82) is 0 Å². The molecule has 1 heterocycles. The smallest absolute Gasteiger partial charge is 0.325 e. The van der Waals surface area contributed by atoms with Crippen molar-refractivity contribution in [1.82, 2.24) is 4.90 Å². The quantitative estimate of drug-likeness (QED) is 0.815. The SMILES string of the molecule is O=C(CN1CCCC1c1ccccc1)Nc1ccc(S(=O)(=O)C(F)F)cc1. The topological polar surface area (TPSA) is 66.5 Å². The molecule has 0 spiro atoms. The lowest BCUT2D eigenvalue weighted by molar-refractivity contribution is -0.117. The van der Waals surface area contributed by atoms with Crippen LogP contribution in [0.4, 0.5) is 14.5 Å². The van der Waals surface area contributed by atoms with Gasteiger partial charge in [-0.05, 0) is 49.2 Å². The van der Waals surface area contributed by atoms with Gasteiger partial charge in [0, 0.05) is 11.7 Å². The highest BCUT2D eigenvalue weighted by molar-refractivity contribution is 7.91. The first kappa shape index (κ1) is 19.4. The van der Waals surface area contributed by atoms with Gasteiger partial charge in [-0.25, -0.2) is 8.42 Å². The minimum Gasteiger partial charge on any atom is -0.325 e. The number of nitrogens with one attached hydrogen (secondary N) is 1. The van der Waals surface area contributed by atoms with Crippen LogP contribution in [0.5, 0.6) is 0 Å². The number of nitrogens with zero attached hydrogens (tertiary/aromatic N) is 1. The first-order chi connectivity index (χ1) is 12.9. The Bertz CT molecular complexity index is 887. The molecule has 1 N–H and O–H groups in total. The number of rotatable bonds is 6. The molecule has 1 unspecified atom stereocenters. The molecule has 0 radical (unpaired) electrons. The molecule has 144 valence electrons. The van der Waals surface area contributed by atoms with Gasteiger partial charge in [0.1, 0.15) is 0 Å². The highest BCUT2D eigenvalue weighted by atomic mass is 32.2. The molecule has 1 aliphatic rings. The molecule has 0 aromatic heterocycles. The molecule has 5 nitrogen and oxygen atoms in total. The van der Waals surface area contributed by atoms with E-state index >= 15 is 0 Å². The number of likely N-dealkylation sites (tertiary alicyclic amines) is 1. The van der Waals surface area contributed by atoms with Gasteiger partial charge in [-0.1, -0.05) is 30.3 Å². The van der Waals surface area contributed by atoms with Crippen LogP contribution in [-0.4, -0.2) is 38.1 Å². The Labute approximate surface area is 156 Å². The number of carbonyl (C=O) groups excluding carboxylic acids is 1. The summed E-state index contributed by atoms with van der Waals surface area (Å²) in [7, 11) is -4.63. The summed E-state index contributed by atoms with van der Waals surface area (Å²) in [5.41, 5.74) is 1.54. The summed E-state index contributed by atoms with van der Waals surface area (Å²) in [6, 6.07) is 14.9. The van der Waals surface area contributed by atoms with Crippen molar-refractivity contribution < 1.29 is 22.0 Å². The van der Waals surface area contributed by atoms with Crippen LogP contribution in [0.1, 0.15) is 24.4 Å². The maximum atomic E-state index is 12.5. The average Bonchev–Trinajstić information content (AvgIpc) is 3.10. The van der Waals surface area contributed by atoms with E-state index in [1.54, 1.807) is 0 Å². The monoisotopic (exact) mass is 394 g/mol. The van der Waals surface area contributed by atoms with Gasteiger partial charge in [-0.15, -0.1) is 0 Å². The first-order valence-corrected chi connectivity index (χ1v) is 10.1. The van der Waals surface area contributed by atoms with Crippen LogP contribution >= 0.6 is 0 Å². The Morgan fingerprint density at radius 3 is 2.41 bits per heavy atom. The van der Waals surface area contributed by atoms with E-state index in [4.69, 9.17) is 0 Å². The van der Waals surface area contributed by atoms with Gasteiger partial charge < -0.3 is 5.32 Å². The molecule has 1 aliphatic heterocycles. The van der Waals surface area contributed by atoms with Crippen LogP contribution in [0.25, 0.3) is 0 Å². The van der Waals surface area contributed by atoms with Gasteiger partial charge in [-0.2, -0.15) is 8.78 Å². The molecule has 8 heteroatoms. The minimum absolute atomic E-state index is 0.190. The van der Waals surface area contributed by atoms with Crippen molar-refractivity contribution in [2.24, 2.45) is 0 Å². The molecule has 0 aliphatic carbocycles. The maximum absolute atomic E-state index is 12.5. The molecule has 1 fully saturated rings. The van der Waals surface area contributed by atoms with Crippen LogP contribution in [0.3, 0.4) is 0 Å². The van der Waals surface area contributed by atoms with E-state index in [0.717, 1.165) is 31.5 Å². The third-order valence-electron chi connectivity index (χ3n) is 4.60. The van der Waals surface area contributed by atoms with Gasteiger partial charge in [0.2, 0.25) is 15.7 Å². The number of carbonyl (C=O) groups is 1. The van der Waals surface area contributed by atoms with Gasteiger partial charge in [0.05, 0.1) is 11.4 Å². The number of alkyl halides is 2. The summed E-state index contributed by atoms with van der Waals surface area (Å²) in [5.74, 6) is -3.70. The Morgan fingerprint density at radius 2 is 1.78 bits per heavy atom. The molecular formula is C19H20F2N2O3S. The minimum atomic E-state index is -4.63. The van der Waals surface area contributed by atoms with Crippen molar-refractivity contribution in [3.05, 3.63) is 60.2 Å². The van der Waals surface area contributed by atoms with Gasteiger partial charge in [0.15, 0.2) is 0 Å². The Balaban J connectivity index is 1.62. The number of amides is 1. The van der Waals surface area contributed by atoms with E-state index in [0.29, 0.717) is 5.69 Å². The lowest BCUT2D eigenvalue weighted by atomic mass is 10.0. The lowest BCUT2D eigenvalue weighted by Gasteiger charge is -2.24. The molecule has 1 saturated heterocycles. The molecular weight excluding hydrogens is 374 g/mol. The summed E-state index contributed by atoms with van der Waals surface area (Å²) in [4.78, 5) is 14.0. The van der Waals surface area contributed by atoms with E-state index < -0.39 is 20.5 Å². The third-order valence-corrected chi connectivity index (χ3v) is 5.99. The largest absolute Gasteiger partial charge is 0.341 e. The fraction of sp³-hybridized carbons (Fsp3) is 0.316. The summed E-state index contributed by atoms with van der Waals surface area (Å²) in [5, 5.41) is 2.69. The maximum Gasteiger partial charge on any atom is 0.341 e. The van der Waals surface area contributed by atoms with Gasteiger partial charge >= 0.3 is 5.76 Å². The second-order valence-electron chi connectivity index (χ2n) is 6.42. The standard InChI is InChI=1S/C19H20F2N2O3S/c20-19(21)27(25,26)16-10-8-15(9-11-16)22-18(24)13-23-12-4-7-17(23)14-5-2-1-3-6-14/h1-3,5-6,8-11,17,19H,4,7,12-13H2,(H,22,24). The fourth-order valence-electron chi connectivity index (χ4n) is 3.28. The molecule has 1 atom stereocenters. The highest BCUT2D eigenvalue weighted by Crippen LogP contribution is 2.31. The van der Waals surface area contributed by atoms with Crippen LogP contribution in [-0.2, 0) is 14.6 Å². The number of halogens is 2. The Kier molecular flexibility index (Phi) is 5.86. The van der Waals surface area contributed by atoms with Crippen molar-refractivity contribution in [2.75, 3.05) is 18.4 Å². The number of sulfone groups is 1. The summed E-state index contributed by atoms with van der Waals surface area (Å²) in [6.45, 7) is 1.02. The van der Waals surface area contributed by atoms with Crippen molar-refractivity contribution in [3.8, 4) is 0 Å². The number of anilines is 1. The Morgan fingerprint density at radius 1 is 1.11 bits per heavy atom. The first-order valence-electron chi connectivity index (χ1n) is 8.59. The normalized spacial score (nSPS) is 18.0. The zero-order chi connectivity index (χ0) is 19.4. The van der Waals surface area contributed by atoms with Gasteiger partial charge in [0.25, 0.3) is 0 Å². The van der Waals surface area contributed by atoms with Gasteiger partial charge in [-0.3, -0.25) is 9.69 Å². The molecule has 0 bridgehead atoms. The predicted octanol–water partition coefficient (Wildman–Crippen LogP) is 3.46. The number of hydrogen-bond donors (Lipinski definition) is 1. The van der Waals surface area contributed by atoms with Crippen LogP contribution < -0.4 is 5.32 Å². The summed E-state index contributed by atoms with van der Waals surface area (Å²) >= 11 is 0. The van der Waals surface area contributed by atoms with Crippen LogP contribution in [0.15, 0.2) is 59.5 Å². The van der Waals surface area contributed by atoms with Crippen molar-refractivity contribution in [3.63, 3.8) is 0 Å². The van der Waals surface area contributed by atoms with E-state index in [-0.39, 0.29) is 18.5 Å². The Hall–Kier alpha value is -2.32. The third kappa shape index (κ3) is 4.51. The van der Waals surface area contributed by atoms with Crippen molar-refractivity contribution in [2.45, 2.75) is 29.5 Å². The second kappa shape index (κ2) is 8.14. The van der Waals surface area contributed by atoms with Crippen LogP contribution in [0, 0.1) is 0 Å². The van der Waals surface area contributed by atoms with Crippen LogP contribution in [0.2, 0.25) is 0 Å². The molecule has 0 saturated carbocycles. The van der Waals surface area contributed by atoms with E-state index in [9.17, 15) is 22.0 Å². The number of hydrogen-bond acceptors (Lipinski definition) is 4. The number of benzene rings is 2. The molecule has 1 amide bonds. The van der Waals surface area contributed by atoms with E-state index in [1.807, 2.05) is 30.3 Å². The molecule has 27 heavy (non-hydrogen) atoms. The average molecular weight is 394 g/mol. The fourth-order valence-corrected chi connectivity index (χ4v) is 4.01. The highest BCUT2D eigenvalue weighted by Gasteiger charge is 2.28. The zero-order valence-electron chi connectivity index (χ0n) is 14.5. The zero-order valence-corrected chi connectivity index (χ0v) is 15.3. The summed E-state index contributed by atoms with van der Waals surface area (Å²) < 4.78 is 47.9. The van der Waals surface area contributed by atoms with E-state index in [2.05, 4.69) is 10.2 Å². The van der Waals surface area contributed by atoms with Crippen molar-refractivity contribution >= 4 is 21.4 Å². The van der Waals surface area contributed by atoms with E-state index in [1.165, 1.54) is 17.7 Å². The molecule has 3 rings (SSSR count). The lowest BCUT2D eigenvalue weighted by Crippen LogP contribution is -2.32. The molecule has 2 aromatic carbocycles.